The van der Waals surface area contributed by atoms with Crippen molar-refractivity contribution in [1.82, 2.24) is 0 Å². The smallest absolute Gasteiger partial charge is 0.283 e. The highest BCUT2D eigenvalue weighted by Crippen LogP contribution is 2.24. The Morgan fingerprint density at radius 1 is 1.29 bits per heavy atom. The summed E-state index contributed by atoms with van der Waals surface area (Å²) in [6.07, 6.45) is 0. The van der Waals surface area contributed by atoms with Gasteiger partial charge in [0.2, 0.25) is 0 Å². The lowest BCUT2D eigenvalue weighted by Gasteiger charge is -2.06. The van der Waals surface area contributed by atoms with E-state index in [-0.39, 0.29) is 16.3 Å². The molecule has 2 aromatic rings. The molecule has 104 valence electrons. The Kier molecular flexibility index (Phi) is 4.16. The van der Waals surface area contributed by atoms with E-state index < -0.39 is 10.8 Å². The maximum Gasteiger partial charge on any atom is 0.283 e. The molecule has 0 aromatic heterocycles. The van der Waals surface area contributed by atoms with E-state index in [9.17, 15) is 14.9 Å². The average Bonchev–Trinajstić information content (AvgIpc) is 2.47. The summed E-state index contributed by atoms with van der Waals surface area (Å²) in [5, 5.41) is 22.4. The highest BCUT2D eigenvalue weighted by atomic mass is 35.5. The van der Waals surface area contributed by atoms with Crippen molar-refractivity contribution in [1.29, 1.82) is 5.26 Å². The van der Waals surface area contributed by atoms with Crippen LogP contribution in [0.2, 0.25) is 5.02 Å². The summed E-state index contributed by atoms with van der Waals surface area (Å²) in [4.78, 5) is 22.4. The number of nitro groups is 1. The van der Waals surface area contributed by atoms with Crippen LogP contribution in [-0.4, -0.2) is 10.8 Å². The molecule has 0 saturated heterocycles. The van der Waals surface area contributed by atoms with Gasteiger partial charge in [-0.3, -0.25) is 14.9 Å². The highest BCUT2D eigenvalue weighted by Gasteiger charge is 2.20. The molecule has 0 aliphatic rings. The zero-order valence-corrected chi connectivity index (χ0v) is 11.3. The monoisotopic (exact) mass is 301 g/mol. The molecule has 0 fully saturated rings. The van der Waals surface area contributed by atoms with Crippen molar-refractivity contribution in [3.05, 3.63) is 68.7 Å². The van der Waals surface area contributed by atoms with Crippen molar-refractivity contribution >= 4 is 28.9 Å². The van der Waals surface area contributed by atoms with E-state index in [2.05, 4.69) is 5.32 Å². The van der Waals surface area contributed by atoms with Crippen LogP contribution in [0.15, 0.2) is 42.5 Å². The van der Waals surface area contributed by atoms with Crippen LogP contribution in [0, 0.1) is 21.4 Å². The lowest BCUT2D eigenvalue weighted by atomic mass is 10.1. The molecule has 0 aliphatic carbocycles. The molecule has 0 spiro atoms. The fourth-order valence-electron chi connectivity index (χ4n) is 1.71. The number of benzene rings is 2. The van der Waals surface area contributed by atoms with Gasteiger partial charge in [-0.2, -0.15) is 5.26 Å². The molecule has 1 amide bonds. The van der Waals surface area contributed by atoms with Crippen LogP contribution in [-0.2, 0) is 0 Å². The molecule has 0 heterocycles. The predicted molar refractivity (Wildman–Crippen MR) is 77.2 cm³/mol. The van der Waals surface area contributed by atoms with Crippen molar-refractivity contribution in [2.45, 2.75) is 0 Å². The third kappa shape index (κ3) is 3.35. The van der Waals surface area contributed by atoms with E-state index in [0.717, 1.165) is 6.07 Å². The normalized spacial score (nSPS) is 9.71. The minimum absolute atomic E-state index is 0.105. The molecule has 0 unspecified atom stereocenters. The number of carbonyl (C=O) groups excluding carboxylic acids is 1. The number of anilines is 1. The maximum atomic E-state index is 12.1. The first-order valence-corrected chi connectivity index (χ1v) is 6.14. The Labute approximate surface area is 124 Å². The number of nitrogens with one attached hydrogen (secondary N) is 1. The Morgan fingerprint density at radius 2 is 2.05 bits per heavy atom. The van der Waals surface area contributed by atoms with Crippen molar-refractivity contribution in [3.63, 3.8) is 0 Å². The molecular formula is C14H8ClN3O3. The van der Waals surface area contributed by atoms with E-state index in [1.54, 1.807) is 18.2 Å². The van der Waals surface area contributed by atoms with Gasteiger partial charge in [-0.25, -0.2) is 0 Å². The number of nitrogens with zero attached hydrogens (tertiary/aromatic N) is 2. The number of halogens is 1. The summed E-state index contributed by atoms with van der Waals surface area (Å²) in [5.74, 6) is -0.645. The summed E-state index contributed by atoms with van der Waals surface area (Å²) in [6.45, 7) is 0. The van der Waals surface area contributed by atoms with Gasteiger partial charge in [-0.15, -0.1) is 0 Å². The Bertz CT molecular complexity index is 768. The second-order valence-electron chi connectivity index (χ2n) is 4.07. The van der Waals surface area contributed by atoms with Crippen molar-refractivity contribution in [2.24, 2.45) is 0 Å². The highest BCUT2D eigenvalue weighted by molar-refractivity contribution is 6.31. The third-order valence-corrected chi connectivity index (χ3v) is 2.89. The molecule has 21 heavy (non-hydrogen) atoms. The summed E-state index contributed by atoms with van der Waals surface area (Å²) in [6, 6.07) is 12.0. The maximum absolute atomic E-state index is 12.1. The number of nitro benzene ring substituents is 1. The fourth-order valence-corrected chi connectivity index (χ4v) is 1.88. The molecule has 6 nitrogen and oxygen atoms in total. The van der Waals surface area contributed by atoms with Crippen LogP contribution in [0.1, 0.15) is 15.9 Å². The second kappa shape index (κ2) is 6.03. The molecule has 0 bridgehead atoms. The number of amides is 1. The standard InChI is InChI=1S/C14H8ClN3O3/c15-10-4-5-12(13(7-10)18(20)21)14(19)17-11-3-1-2-9(6-11)8-16/h1-7H,(H,17,19). The fraction of sp³-hybridized carbons (Fsp3) is 0. The largest absolute Gasteiger partial charge is 0.322 e. The van der Waals surface area contributed by atoms with Gasteiger partial charge in [0.15, 0.2) is 0 Å². The topological polar surface area (TPSA) is 96.0 Å². The molecule has 0 atom stereocenters. The lowest BCUT2D eigenvalue weighted by Crippen LogP contribution is -2.14. The first kappa shape index (κ1) is 14.5. The first-order valence-electron chi connectivity index (χ1n) is 5.76. The first-order chi connectivity index (χ1) is 10.0. The van der Waals surface area contributed by atoms with Crippen LogP contribution in [0.25, 0.3) is 0 Å². The van der Waals surface area contributed by atoms with Crippen molar-refractivity contribution in [2.75, 3.05) is 5.32 Å². The average molecular weight is 302 g/mol. The van der Waals surface area contributed by atoms with Gasteiger partial charge in [0.05, 0.1) is 16.6 Å². The SMILES string of the molecule is N#Cc1cccc(NC(=O)c2ccc(Cl)cc2[N+](=O)[O-])c1. The van der Waals surface area contributed by atoms with Gasteiger partial charge < -0.3 is 5.32 Å². The zero-order valence-electron chi connectivity index (χ0n) is 10.5. The Hall–Kier alpha value is -2.91. The van der Waals surface area contributed by atoms with Crippen LogP contribution < -0.4 is 5.32 Å². The summed E-state index contributed by atoms with van der Waals surface area (Å²) in [7, 11) is 0. The molecule has 2 rings (SSSR count). The summed E-state index contributed by atoms with van der Waals surface area (Å²) >= 11 is 5.69. The van der Waals surface area contributed by atoms with Crippen molar-refractivity contribution < 1.29 is 9.72 Å². The van der Waals surface area contributed by atoms with Gasteiger partial charge in [0.25, 0.3) is 11.6 Å². The number of nitriles is 1. The molecule has 0 radical (unpaired) electrons. The second-order valence-corrected chi connectivity index (χ2v) is 4.50. The van der Waals surface area contributed by atoms with Gasteiger partial charge >= 0.3 is 0 Å². The summed E-state index contributed by atoms with van der Waals surface area (Å²) < 4.78 is 0. The van der Waals surface area contributed by atoms with E-state index >= 15 is 0 Å². The van der Waals surface area contributed by atoms with E-state index in [4.69, 9.17) is 16.9 Å². The molecule has 7 heteroatoms. The van der Waals surface area contributed by atoms with Gasteiger partial charge in [0, 0.05) is 16.8 Å². The van der Waals surface area contributed by atoms with Crippen molar-refractivity contribution in [3.8, 4) is 6.07 Å². The Morgan fingerprint density at radius 3 is 2.71 bits per heavy atom. The van der Waals surface area contributed by atoms with Crippen LogP contribution in [0.3, 0.4) is 0 Å². The number of carbonyl (C=O) groups is 1. The van der Waals surface area contributed by atoms with Gasteiger partial charge in [0.1, 0.15) is 5.56 Å². The van der Waals surface area contributed by atoms with Gasteiger partial charge in [-0.05, 0) is 30.3 Å². The molecule has 0 aliphatic heterocycles. The quantitative estimate of drug-likeness (QED) is 0.694. The van der Waals surface area contributed by atoms with E-state index in [1.165, 1.54) is 18.2 Å². The minimum Gasteiger partial charge on any atom is -0.322 e. The van der Waals surface area contributed by atoms with Crippen LogP contribution in [0.5, 0.6) is 0 Å². The molecule has 1 N–H and O–H groups in total. The van der Waals surface area contributed by atoms with Gasteiger partial charge in [-0.1, -0.05) is 17.7 Å². The number of hydrogen-bond donors (Lipinski definition) is 1. The molecular weight excluding hydrogens is 294 g/mol. The number of hydrogen-bond acceptors (Lipinski definition) is 4. The van der Waals surface area contributed by atoms with Crippen LogP contribution in [0.4, 0.5) is 11.4 Å². The molecule has 2 aromatic carbocycles. The zero-order chi connectivity index (χ0) is 15.4. The third-order valence-electron chi connectivity index (χ3n) is 2.65. The lowest BCUT2D eigenvalue weighted by molar-refractivity contribution is -0.385. The van der Waals surface area contributed by atoms with Crippen LogP contribution >= 0.6 is 11.6 Å². The number of rotatable bonds is 3. The summed E-state index contributed by atoms with van der Waals surface area (Å²) in [5.41, 5.74) is 0.268. The minimum atomic E-state index is -0.674. The predicted octanol–water partition coefficient (Wildman–Crippen LogP) is 3.37. The molecule has 0 saturated carbocycles. The van der Waals surface area contributed by atoms with E-state index in [1.807, 2.05) is 6.07 Å². The Balaban J connectivity index is 2.32. The van der Waals surface area contributed by atoms with E-state index in [0.29, 0.717) is 11.3 Å².